The van der Waals surface area contributed by atoms with Crippen LogP contribution in [-0.2, 0) is 14.4 Å². The quantitative estimate of drug-likeness (QED) is 0.411. The summed E-state index contributed by atoms with van der Waals surface area (Å²) in [5.41, 5.74) is 0. The van der Waals surface area contributed by atoms with Gasteiger partial charge in [0, 0.05) is 19.3 Å². The van der Waals surface area contributed by atoms with Gasteiger partial charge in [0.05, 0.1) is 0 Å². The van der Waals surface area contributed by atoms with E-state index in [4.69, 9.17) is 0 Å². The minimum Gasteiger partial charge on any atom is -0.388 e. The normalized spacial score (nSPS) is 13.4. The van der Waals surface area contributed by atoms with Crippen LogP contribution in [0.1, 0.15) is 40.0 Å². The van der Waals surface area contributed by atoms with Gasteiger partial charge < -0.3 is 14.9 Å². The molecule has 110 valence electrons. The lowest BCUT2D eigenvalue weighted by atomic mass is 10.5. The van der Waals surface area contributed by atoms with E-state index in [1.165, 1.54) is 0 Å². The van der Waals surface area contributed by atoms with Crippen LogP contribution in [0.25, 0.3) is 0 Å². The van der Waals surface area contributed by atoms with Crippen LogP contribution in [0.3, 0.4) is 0 Å². The molecule has 0 aromatic heterocycles. The summed E-state index contributed by atoms with van der Waals surface area (Å²) < 4.78 is 0. The summed E-state index contributed by atoms with van der Waals surface area (Å²) in [7, 11) is -2.22. The summed E-state index contributed by atoms with van der Waals surface area (Å²) >= 11 is 0. The SMILES string of the molecule is CCC(=O)N[SiH2]C([SiH2]NC(=O)CC)[SiH2]NC(=O)CC. The first kappa shape index (κ1) is 18.1. The third-order valence-corrected chi connectivity index (χ3v) is 11.5. The van der Waals surface area contributed by atoms with Gasteiger partial charge in [-0.3, -0.25) is 14.4 Å². The van der Waals surface area contributed by atoms with Gasteiger partial charge in [-0.15, -0.1) is 0 Å². The van der Waals surface area contributed by atoms with Gasteiger partial charge in [-0.2, -0.15) is 0 Å². The van der Waals surface area contributed by atoms with Crippen molar-refractivity contribution < 1.29 is 14.4 Å². The fourth-order valence-corrected chi connectivity index (χ4v) is 8.00. The molecule has 0 aromatic carbocycles. The molecule has 6 nitrogen and oxygen atoms in total. The second kappa shape index (κ2) is 10.9. The van der Waals surface area contributed by atoms with Crippen LogP contribution in [0.15, 0.2) is 0 Å². The molecule has 0 saturated heterocycles. The van der Waals surface area contributed by atoms with Gasteiger partial charge in [0.1, 0.15) is 29.0 Å². The Morgan fingerprint density at radius 3 is 1.21 bits per heavy atom. The first-order chi connectivity index (χ1) is 9.03. The Labute approximate surface area is 121 Å². The molecule has 0 fully saturated rings. The first-order valence-electron chi connectivity index (χ1n) is 6.83. The molecule has 0 heterocycles. The largest absolute Gasteiger partial charge is 0.388 e. The van der Waals surface area contributed by atoms with Crippen molar-refractivity contribution in [2.75, 3.05) is 0 Å². The predicted molar refractivity (Wildman–Crippen MR) is 84.7 cm³/mol. The maximum atomic E-state index is 11.3. The highest BCUT2D eigenvalue weighted by molar-refractivity contribution is 6.76. The Bertz CT molecular complexity index is 268. The van der Waals surface area contributed by atoms with Crippen LogP contribution >= 0.6 is 0 Å². The van der Waals surface area contributed by atoms with Gasteiger partial charge in [-0.25, -0.2) is 0 Å². The second-order valence-corrected chi connectivity index (χ2v) is 13.6. The van der Waals surface area contributed by atoms with Crippen molar-refractivity contribution in [3.8, 4) is 0 Å². The summed E-state index contributed by atoms with van der Waals surface area (Å²) in [5, 5.41) is 0. The monoisotopic (exact) mass is 319 g/mol. The molecule has 3 amide bonds. The number of hydrogen-bond acceptors (Lipinski definition) is 3. The van der Waals surface area contributed by atoms with E-state index >= 15 is 0 Å². The molecule has 19 heavy (non-hydrogen) atoms. The first-order valence-corrected chi connectivity index (χ1v) is 11.4. The minimum atomic E-state index is -0.740. The zero-order valence-corrected chi connectivity index (χ0v) is 16.3. The maximum Gasteiger partial charge on any atom is 0.211 e. The average Bonchev–Trinajstić information content (AvgIpc) is 2.44. The molecule has 0 unspecified atom stereocenters. The van der Waals surface area contributed by atoms with Crippen LogP contribution in [-0.4, -0.2) is 46.8 Å². The molecule has 9 heteroatoms. The molecule has 0 radical (unpaired) electrons. The lowest BCUT2D eigenvalue weighted by Gasteiger charge is -2.16. The average molecular weight is 320 g/mol. The van der Waals surface area contributed by atoms with Crippen molar-refractivity contribution in [2.24, 2.45) is 0 Å². The van der Waals surface area contributed by atoms with Crippen molar-refractivity contribution >= 4 is 46.8 Å². The van der Waals surface area contributed by atoms with Crippen molar-refractivity contribution in [1.29, 1.82) is 0 Å². The number of nitrogens with one attached hydrogen (secondary N) is 3. The molecule has 3 N–H and O–H groups in total. The molecular weight excluding hydrogens is 294 g/mol. The fraction of sp³-hybridized carbons (Fsp3) is 0.700. The van der Waals surface area contributed by atoms with Crippen molar-refractivity contribution in [3.05, 3.63) is 0 Å². The highest BCUT2D eigenvalue weighted by atomic mass is 28.3. The molecule has 0 aliphatic carbocycles. The van der Waals surface area contributed by atoms with Crippen LogP contribution in [0.4, 0.5) is 0 Å². The van der Waals surface area contributed by atoms with Gasteiger partial charge in [-0.1, -0.05) is 20.8 Å². The van der Waals surface area contributed by atoms with Crippen LogP contribution in [0.5, 0.6) is 0 Å². The van der Waals surface area contributed by atoms with Gasteiger partial charge in [0.15, 0.2) is 0 Å². The molecule has 0 rings (SSSR count). The van der Waals surface area contributed by atoms with E-state index < -0.39 is 29.0 Å². The molecule has 0 atom stereocenters. The van der Waals surface area contributed by atoms with Crippen LogP contribution in [0.2, 0.25) is 4.79 Å². The van der Waals surface area contributed by atoms with Gasteiger partial charge in [0.2, 0.25) is 17.7 Å². The number of rotatable bonds is 9. The summed E-state index contributed by atoms with van der Waals surface area (Å²) in [6, 6.07) is 0. The molecule has 0 aromatic rings. The smallest absolute Gasteiger partial charge is 0.211 e. The molecule has 0 saturated carbocycles. The zero-order chi connectivity index (χ0) is 14.7. The Morgan fingerprint density at radius 1 is 0.737 bits per heavy atom. The van der Waals surface area contributed by atoms with E-state index in [-0.39, 0.29) is 17.7 Å². The minimum absolute atomic E-state index is 0.0725. The van der Waals surface area contributed by atoms with Gasteiger partial charge in [0.25, 0.3) is 0 Å². The lowest BCUT2D eigenvalue weighted by molar-refractivity contribution is -0.119. The summed E-state index contributed by atoms with van der Waals surface area (Å²) in [4.78, 5) is 43.2. The maximum absolute atomic E-state index is 11.3. The zero-order valence-electron chi connectivity index (χ0n) is 12.0. The predicted octanol–water partition coefficient (Wildman–Crippen LogP) is -2.48. The standard InChI is InChI=1S/C10H25N3O3Si3/c1-4-7(14)11-17-10(18-12-8(15)5-2)19-13-9(16)6-3/h10H,4-6,17-19H2,1-3H3,(H,11,14)(H,12,15)(H,13,16). The molecular formula is C10H25N3O3Si3. The highest BCUT2D eigenvalue weighted by Crippen LogP contribution is 1.94. The van der Waals surface area contributed by atoms with Crippen molar-refractivity contribution in [1.82, 2.24) is 14.9 Å². The summed E-state index contributed by atoms with van der Waals surface area (Å²) in [6.07, 6.45) is 1.47. The molecule has 0 spiro atoms. The van der Waals surface area contributed by atoms with E-state index in [0.29, 0.717) is 24.1 Å². The van der Waals surface area contributed by atoms with E-state index in [1.54, 1.807) is 0 Å². The lowest BCUT2D eigenvalue weighted by Crippen LogP contribution is -2.44. The summed E-state index contributed by atoms with van der Waals surface area (Å²) in [5.74, 6) is 0.218. The van der Waals surface area contributed by atoms with Crippen molar-refractivity contribution in [3.63, 3.8) is 0 Å². The molecule has 0 bridgehead atoms. The van der Waals surface area contributed by atoms with Gasteiger partial charge in [-0.05, 0) is 4.79 Å². The number of hydrogen-bond donors (Lipinski definition) is 3. The topological polar surface area (TPSA) is 87.3 Å². The second-order valence-electron chi connectivity index (χ2n) is 4.34. The van der Waals surface area contributed by atoms with E-state index in [0.717, 1.165) is 0 Å². The Morgan fingerprint density at radius 2 is 1.00 bits per heavy atom. The Kier molecular flexibility index (Phi) is 10.4. The number of carbonyl (C=O) groups excluding carboxylic acids is 3. The molecule has 0 aliphatic heterocycles. The van der Waals surface area contributed by atoms with Gasteiger partial charge >= 0.3 is 0 Å². The third kappa shape index (κ3) is 9.62. The number of carbonyl (C=O) groups is 3. The van der Waals surface area contributed by atoms with E-state index in [1.807, 2.05) is 20.8 Å². The van der Waals surface area contributed by atoms with Crippen LogP contribution in [0, 0.1) is 0 Å². The fourth-order valence-electron chi connectivity index (χ4n) is 1.37. The van der Waals surface area contributed by atoms with Crippen LogP contribution < -0.4 is 14.9 Å². The molecule has 0 aliphatic rings. The number of amides is 3. The highest BCUT2D eigenvalue weighted by Gasteiger charge is 2.14. The van der Waals surface area contributed by atoms with E-state index in [9.17, 15) is 14.4 Å². The third-order valence-electron chi connectivity index (χ3n) is 2.73. The Hall–Kier alpha value is -0.939. The summed E-state index contributed by atoms with van der Waals surface area (Å²) in [6.45, 7) is 5.47. The Balaban J connectivity index is 4.16. The van der Waals surface area contributed by atoms with Crippen molar-refractivity contribution in [2.45, 2.75) is 44.8 Å². The van der Waals surface area contributed by atoms with E-state index in [2.05, 4.69) is 14.9 Å².